The Hall–Kier alpha value is -1.12. The van der Waals surface area contributed by atoms with Crippen LogP contribution in [0.15, 0.2) is 23.8 Å². The summed E-state index contributed by atoms with van der Waals surface area (Å²) in [6, 6.07) is 0. The van der Waals surface area contributed by atoms with Gasteiger partial charge in [-0.1, -0.05) is 30.7 Å². The molecule has 2 saturated carbocycles. The standard InChI is InChI=1S/C27H44N2O2/c1-4-5-9-21(2)26(30)12-11-24-25-19-22(18-23(25)20-27(24)31)10-7-6-8-13-29-16-14-28(3)15-17-29/h10-12,21,23-27,30-31H,6-9,13-20H2,1-3H3/b12-11+,22-10+/t21-,23+,24-,25+,26-,27-/m1/s1. The molecule has 2 N–H and O–H groups in total. The van der Waals surface area contributed by atoms with Crippen molar-refractivity contribution in [3.8, 4) is 11.8 Å². The third-order valence-electron chi connectivity index (χ3n) is 7.78. The molecule has 3 fully saturated rings. The molecule has 0 bridgehead atoms. The first-order valence-electron chi connectivity index (χ1n) is 12.5. The van der Waals surface area contributed by atoms with Gasteiger partial charge >= 0.3 is 0 Å². The van der Waals surface area contributed by atoms with E-state index in [9.17, 15) is 10.2 Å². The Balaban J connectivity index is 1.40. The molecule has 0 amide bonds. The van der Waals surface area contributed by atoms with Crippen molar-refractivity contribution in [2.75, 3.05) is 39.8 Å². The number of likely N-dealkylation sites (N-methyl/N-ethyl adjacent to an activating group) is 1. The summed E-state index contributed by atoms with van der Waals surface area (Å²) in [7, 11) is 2.21. The molecule has 1 heterocycles. The Morgan fingerprint density at radius 1 is 1.16 bits per heavy atom. The van der Waals surface area contributed by atoms with Crippen LogP contribution in [-0.4, -0.2) is 72.0 Å². The molecular weight excluding hydrogens is 384 g/mol. The lowest BCUT2D eigenvalue weighted by atomic mass is 9.89. The molecule has 3 rings (SSSR count). The zero-order valence-corrected chi connectivity index (χ0v) is 20.0. The highest BCUT2D eigenvalue weighted by Gasteiger charge is 2.44. The Morgan fingerprint density at radius 2 is 1.94 bits per heavy atom. The summed E-state index contributed by atoms with van der Waals surface area (Å²) in [4.78, 5) is 5.02. The lowest BCUT2D eigenvalue weighted by Crippen LogP contribution is -2.44. The van der Waals surface area contributed by atoms with E-state index in [4.69, 9.17) is 0 Å². The van der Waals surface area contributed by atoms with Crippen LogP contribution in [0.2, 0.25) is 0 Å². The van der Waals surface area contributed by atoms with Crippen molar-refractivity contribution >= 4 is 0 Å². The second kappa shape index (κ2) is 12.2. The summed E-state index contributed by atoms with van der Waals surface area (Å²) in [5, 5.41) is 21.0. The van der Waals surface area contributed by atoms with Gasteiger partial charge in [-0.05, 0) is 76.8 Å². The van der Waals surface area contributed by atoms with Gasteiger partial charge in [0.05, 0.1) is 12.2 Å². The summed E-state index contributed by atoms with van der Waals surface area (Å²) in [6.45, 7) is 9.96. The number of allylic oxidation sites excluding steroid dienone is 2. The van der Waals surface area contributed by atoms with E-state index in [1.807, 2.05) is 19.9 Å². The molecule has 3 aliphatic rings. The van der Waals surface area contributed by atoms with Crippen LogP contribution in [-0.2, 0) is 0 Å². The highest BCUT2D eigenvalue weighted by molar-refractivity contribution is 5.18. The normalized spacial score (nSPS) is 32.9. The zero-order valence-electron chi connectivity index (χ0n) is 20.0. The first-order valence-corrected chi connectivity index (χ1v) is 12.5. The van der Waals surface area contributed by atoms with Gasteiger partial charge in [0.1, 0.15) is 0 Å². The maximum Gasteiger partial charge on any atom is 0.0755 e. The molecule has 1 saturated heterocycles. The summed E-state index contributed by atoms with van der Waals surface area (Å²) >= 11 is 0. The van der Waals surface area contributed by atoms with E-state index in [2.05, 4.69) is 40.8 Å². The molecule has 0 radical (unpaired) electrons. The number of fused-ring (bicyclic) bond motifs is 1. The second-order valence-corrected chi connectivity index (χ2v) is 10.2. The molecule has 31 heavy (non-hydrogen) atoms. The predicted molar refractivity (Wildman–Crippen MR) is 129 cm³/mol. The average Bonchev–Trinajstić information content (AvgIpc) is 3.27. The molecule has 2 aliphatic carbocycles. The molecular formula is C27H44N2O2. The van der Waals surface area contributed by atoms with Crippen molar-refractivity contribution < 1.29 is 10.2 Å². The lowest BCUT2D eigenvalue weighted by molar-refractivity contribution is 0.137. The van der Waals surface area contributed by atoms with Crippen LogP contribution in [0.1, 0.15) is 58.8 Å². The Bertz CT molecular complexity index is 668. The predicted octanol–water partition coefficient (Wildman–Crippen LogP) is 3.70. The molecule has 174 valence electrons. The molecule has 0 spiro atoms. The fraction of sp³-hybridized carbons (Fsp3) is 0.778. The van der Waals surface area contributed by atoms with Crippen LogP contribution in [0, 0.1) is 35.5 Å². The van der Waals surface area contributed by atoms with Crippen LogP contribution in [0.3, 0.4) is 0 Å². The van der Waals surface area contributed by atoms with Crippen LogP contribution in [0.25, 0.3) is 0 Å². The highest BCUT2D eigenvalue weighted by atomic mass is 16.3. The summed E-state index contributed by atoms with van der Waals surface area (Å²) < 4.78 is 0. The van der Waals surface area contributed by atoms with Gasteiger partial charge in [-0.2, -0.15) is 0 Å². The van der Waals surface area contributed by atoms with Crippen molar-refractivity contribution in [1.29, 1.82) is 0 Å². The molecule has 4 nitrogen and oxygen atoms in total. The first kappa shape index (κ1) is 24.5. The Labute approximate surface area is 190 Å². The monoisotopic (exact) mass is 428 g/mol. The third-order valence-corrected chi connectivity index (χ3v) is 7.78. The number of aliphatic hydroxyl groups excluding tert-OH is 2. The van der Waals surface area contributed by atoms with Crippen molar-refractivity contribution in [2.24, 2.45) is 23.7 Å². The Morgan fingerprint density at radius 3 is 2.68 bits per heavy atom. The van der Waals surface area contributed by atoms with Crippen molar-refractivity contribution in [1.82, 2.24) is 9.80 Å². The minimum Gasteiger partial charge on any atom is -0.392 e. The van der Waals surface area contributed by atoms with Crippen LogP contribution >= 0.6 is 0 Å². The number of unbranched alkanes of at least 4 members (excludes halogenated alkanes) is 2. The van der Waals surface area contributed by atoms with E-state index in [-0.39, 0.29) is 17.9 Å². The molecule has 0 aromatic rings. The van der Waals surface area contributed by atoms with Crippen molar-refractivity contribution in [2.45, 2.75) is 71.0 Å². The van der Waals surface area contributed by atoms with Gasteiger partial charge in [-0.25, -0.2) is 0 Å². The third kappa shape index (κ3) is 7.19. The van der Waals surface area contributed by atoms with E-state index >= 15 is 0 Å². The number of nitrogens with zero attached hydrogens (tertiary/aromatic N) is 2. The number of aliphatic hydroxyl groups is 2. The molecule has 0 aromatic carbocycles. The fourth-order valence-electron chi connectivity index (χ4n) is 5.61. The summed E-state index contributed by atoms with van der Waals surface area (Å²) in [5.74, 6) is 7.42. The highest BCUT2D eigenvalue weighted by Crippen LogP contribution is 2.50. The maximum atomic E-state index is 10.6. The first-order chi connectivity index (χ1) is 15.0. The average molecular weight is 429 g/mol. The quantitative estimate of drug-likeness (QED) is 0.334. The Kier molecular flexibility index (Phi) is 9.66. The largest absolute Gasteiger partial charge is 0.392 e. The molecule has 0 unspecified atom stereocenters. The topological polar surface area (TPSA) is 46.9 Å². The smallest absolute Gasteiger partial charge is 0.0755 e. The fourth-order valence-corrected chi connectivity index (χ4v) is 5.61. The van der Waals surface area contributed by atoms with Crippen LogP contribution in [0.5, 0.6) is 0 Å². The van der Waals surface area contributed by atoms with E-state index in [1.54, 1.807) is 5.57 Å². The van der Waals surface area contributed by atoms with E-state index in [0.29, 0.717) is 18.3 Å². The SMILES string of the molecule is CC#CC[C@@H](C)[C@H](O)/C=C/[C@@H]1[C@H]2C/C(=C/CCCCN3CCN(C)CC3)C[C@H]2C[C@H]1O. The summed E-state index contributed by atoms with van der Waals surface area (Å²) in [5.41, 5.74) is 1.60. The minimum absolute atomic E-state index is 0.128. The van der Waals surface area contributed by atoms with Crippen molar-refractivity contribution in [3.63, 3.8) is 0 Å². The van der Waals surface area contributed by atoms with Crippen molar-refractivity contribution in [3.05, 3.63) is 23.8 Å². The number of hydrogen-bond donors (Lipinski definition) is 2. The number of piperazine rings is 1. The molecule has 4 heteroatoms. The zero-order chi connectivity index (χ0) is 22.2. The van der Waals surface area contributed by atoms with Gasteiger partial charge < -0.3 is 20.0 Å². The second-order valence-electron chi connectivity index (χ2n) is 10.2. The summed E-state index contributed by atoms with van der Waals surface area (Å²) in [6.07, 6.45) is 13.5. The number of rotatable bonds is 9. The van der Waals surface area contributed by atoms with Gasteiger partial charge in [-0.3, -0.25) is 0 Å². The van der Waals surface area contributed by atoms with Crippen LogP contribution in [0.4, 0.5) is 0 Å². The molecule has 0 aromatic heterocycles. The van der Waals surface area contributed by atoms with Gasteiger partial charge in [-0.15, -0.1) is 11.8 Å². The van der Waals surface area contributed by atoms with Crippen LogP contribution < -0.4 is 0 Å². The lowest BCUT2D eigenvalue weighted by Gasteiger charge is -2.32. The van der Waals surface area contributed by atoms with Gasteiger partial charge in [0.2, 0.25) is 0 Å². The maximum absolute atomic E-state index is 10.6. The number of hydrogen-bond acceptors (Lipinski definition) is 4. The van der Waals surface area contributed by atoms with E-state index in [0.717, 1.165) is 19.3 Å². The van der Waals surface area contributed by atoms with Gasteiger partial charge in [0, 0.05) is 38.5 Å². The van der Waals surface area contributed by atoms with E-state index in [1.165, 1.54) is 52.0 Å². The molecule has 1 aliphatic heterocycles. The van der Waals surface area contributed by atoms with Gasteiger partial charge in [0.15, 0.2) is 0 Å². The van der Waals surface area contributed by atoms with E-state index < -0.39 is 6.10 Å². The molecule has 6 atom stereocenters. The minimum atomic E-state index is -0.483. The van der Waals surface area contributed by atoms with Gasteiger partial charge in [0.25, 0.3) is 0 Å².